The van der Waals surface area contributed by atoms with E-state index in [9.17, 15) is 4.79 Å². The third-order valence-corrected chi connectivity index (χ3v) is 3.61. The van der Waals surface area contributed by atoms with Gasteiger partial charge in [0.25, 0.3) is 5.91 Å². The molecule has 122 valence electrons. The molecule has 2 aromatic carbocycles. The van der Waals surface area contributed by atoms with Crippen LogP contribution in [0.5, 0.6) is 11.5 Å². The van der Waals surface area contributed by atoms with Gasteiger partial charge in [-0.05, 0) is 42.7 Å². The van der Waals surface area contributed by atoms with Crippen LogP contribution in [-0.2, 0) is 11.2 Å². The number of nitrogens with one attached hydrogen (secondary N) is 1. The summed E-state index contributed by atoms with van der Waals surface area (Å²) in [6.07, 6.45) is 1.03. The Bertz CT molecular complexity index is 637. The number of aryl methyl sites for hydroxylation is 1. The molecule has 2 aromatic rings. The van der Waals surface area contributed by atoms with Crippen LogP contribution in [-0.4, -0.2) is 19.1 Å². The molecule has 0 radical (unpaired) electrons. The Morgan fingerprint density at radius 1 is 1.09 bits per heavy atom. The van der Waals surface area contributed by atoms with Gasteiger partial charge in [-0.2, -0.15) is 0 Å². The summed E-state index contributed by atoms with van der Waals surface area (Å²) in [5.74, 6) is 1.24. The van der Waals surface area contributed by atoms with Gasteiger partial charge in [-0.1, -0.05) is 32.0 Å². The summed E-state index contributed by atoms with van der Waals surface area (Å²) in [4.78, 5) is 12.4. The van der Waals surface area contributed by atoms with E-state index < -0.39 is 6.10 Å². The average molecular weight is 313 g/mol. The van der Waals surface area contributed by atoms with Gasteiger partial charge in [0.15, 0.2) is 6.10 Å². The van der Waals surface area contributed by atoms with Gasteiger partial charge in [-0.25, -0.2) is 0 Å². The number of ether oxygens (including phenoxy) is 2. The summed E-state index contributed by atoms with van der Waals surface area (Å²) in [6, 6.07) is 15.1. The molecule has 0 aromatic heterocycles. The first-order valence-electron chi connectivity index (χ1n) is 7.86. The van der Waals surface area contributed by atoms with Crippen molar-refractivity contribution in [2.75, 3.05) is 12.4 Å². The standard InChI is InChI=1S/C19H23NO3/c1-4-14-9-11-16(12-10-14)23-18(5-2)19(21)20-15-7-6-8-17(13-15)22-3/h6-13,18H,4-5H2,1-3H3,(H,20,21)/t18-/m0/s1. The van der Waals surface area contributed by atoms with Gasteiger partial charge in [-0.15, -0.1) is 0 Å². The van der Waals surface area contributed by atoms with E-state index >= 15 is 0 Å². The highest BCUT2D eigenvalue weighted by Crippen LogP contribution is 2.19. The third kappa shape index (κ3) is 4.74. The van der Waals surface area contributed by atoms with Gasteiger partial charge < -0.3 is 14.8 Å². The van der Waals surface area contributed by atoms with E-state index in [0.717, 1.165) is 6.42 Å². The van der Waals surface area contributed by atoms with Crippen molar-refractivity contribution in [3.8, 4) is 11.5 Å². The molecule has 0 saturated heterocycles. The highest BCUT2D eigenvalue weighted by atomic mass is 16.5. The largest absolute Gasteiger partial charge is 0.497 e. The van der Waals surface area contributed by atoms with Gasteiger partial charge in [-0.3, -0.25) is 4.79 Å². The number of hydrogen-bond donors (Lipinski definition) is 1. The number of amides is 1. The molecular weight excluding hydrogens is 290 g/mol. The topological polar surface area (TPSA) is 47.6 Å². The van der Waals surface area contributed by atoms with Crippen LogP contribution >= 0.6 is 0 Å². The first-order valence-corrected chi connectivity index (χ1v) is 7.86. The van der Waals surface area contributed by atoms with E-state index in [0.29, 0.717) is 23.6 Å². The fourth-order valence-electron chi connectivity index (χ4n) is 2.21. The maximum absolute atomic E-state index is 12.4. The van der Waals surface area contributed by atoms with Crippen molar-refractivity contribution in [1.82, 2.24) is 0 Å². The highest BCUT2D eigenvalue weighted by molar-refractivity contribution is 5.94. The molecule has 0 saturated carbocycles. The van der Waals surface area contributed by atoms with Crippen LogP contribution in [0.15, 0.2) is 48.5 Å². The molecule has 0 unspecified atom stereocenters. The number of carbonyl (C=O) groups is 1. The second-order valence-corrected chi connectivity index (χ2v) is 5.23. The van der Waals surface area contributed by atoms with Gasteiger partial charge in [0.1, 0.15) is 11.5 Å². The second kappa shape index (κ2) is 8.22. The number of methoxy groups -OCH3 is 1. The third-order valence-electron chi connectivity index (χ3n) is 3.61. The molecular formula is C19H23NO3. The molecule has 0 aliphatic carbocycles. The Labute approximate surface area is 137 Å². The van der Waals surface area contributed by atoms with Crippen molar-refractivity contribution in [2.45, 2.75) is 32.8 Å². The minimum absolute atomic E-state index is 0.166. The predicted octanol–water partition coefficient (Wildman–Crippen LogP) is 4.05. The first-order chi connectivity index (χ1) is 11.2. The zero-order valence-corrected chi connectivity index (χ0v) is 13.8. The maximum Gasteiger partial charge on any atom is 0.265 e. The molecule has 0 aliphatic rings. The predicted molar refractivity (Wildman–Crippen MR) is 92.2 cm³/mol. The van der Waals surface area contributed by atoms with Crippen molar-refractivity contribution < 1.29 is 14.3 Å². The van der Waals surface area contributed by atoms with Gasteiger partial charge in [0, 0.05) is 11.8 Å². The smallest absolute Gasteiger partial charge is 0.265 e. The lowest BCUT2D eigenvalue weighted by atomic mass is 10.1. The van der Waals surface area contributed by atoms with Crippen LogP contribution < -0.4 is 14.8 Å². The van der Waals surface area contributed by atoms with Gasteiger partial charge >= 0.3 is 0 Å². The SMILES string of the molecule is CCc1ccc(O[C@@H](CC)C(=O)Nc2cccc(OC)c2)cc1. The van der Waals surface area contributed by atoms with E-state index in [-0.39, 0.29) is 5.91 Å². The normalized spacial score (nSPS) is 11.6. The molecule has 4 nitrogen and oxygen atoms in total. The maximum atomic E-state index is 12.4. The lowest BCUT2D eigenvalue weighted by Gasteiger charge is -2.17. The van der Waals surface area contributed by atoms with E-state index in [2.05, 4.69) is 12.2 Å². The summed E-state index contributed by atoms with van der Waals surface area (Å²) >= 11 is 0. The van der Waals surface area contributed by atoms with Crippen molar-refractivity contribution in [3.63, 3.8) is 0 Å². The van der Waals surface area contributed by atoms with Crippen LogP contribution in [0.4, 0.5) is 5.69 Å². The zero-order chi connectivity index (χ0) is 16.7. The molecule has 0 aliphatic heterocycles. The lowest BCUT2D eigenvalue weighted by Crippen LogP contribution is -2.32. The molecule has 0 bridgehead atoms. The summed E-state index contributed by atoms with van der Waals surface area (Å²) in [7, 11) is 1.60. The van der Waals surface area contributed by atoms with E-state index in [1.54, 1.807) is 13.2 Å². The Morgan fingerprint density at radius 3 is 2.43 bits per heavy atom. The Hall–Kier alpha value is -2.49. The summed E-state index contributed by atoms with van der Waals surface area (Å²) < 4.78 is 11.0. The minimum atomic E-state index is -0.534. The second-order valence-electron chi connectivity index (χ2n) is 5.23. The average Bonchev–Trinajstić information content (AvgIpc) is 2.60. The Kier molecular flexibility index (Phi) is 6.03. The quantitative estimate of drug-likeness (QED) is 0.838. The van der Waals surface area contributed by atoms with Gasteiger partial charge in [0.05, 0.1) is 7.11 Å². The molecule has 2 rings (SSSR count). The summed E-state index contributed by atoms with van der Waals surface area (Å²) in [5, 5.41) is 2.87. The van der Waals surface area contributed by atoms with E-state index in [1.165, 1.54) is 5.56 Å². The number of benzene rings is 2. The molecule has 23 heavy (non-hydrogen) atoms. The van der Waals surface area contributed by atoms with Crippen LogP contribution in [0.1, 0.15) is 25.8 Å². The summed E-state index contributed by atoms with van der Waals surface area (Å²) in [6.45, 7) is 4.03. The molecule has 0 fully saturated rings. The Balaban J connectivity index is 2.02. The summed E-state index contributed by atoms with van der Waals surface area (Å²) in [5.41, 5.74) is 1.93. The van der Waals surface area contributed by atoms with E-state index in [1.807, 2.05) is 49.4 Å². The number of rotatable bonds is 7. The zero-order valence-electron chi connectivity index (χ0n) is 13.8. The molecule has 1 atom stereocenters. The monoisotopic (exact) mass is 313 g/mol. The van der Waals surface area contributed by atoms with Crippen molar-refractivity contribution in [2.24, 2.45) is 0 Å². The van der Waals surface area contributed by atoms with Crippen LogP contribution in [0.25, 0.3) is 0 Å². The van der Waals surface area contributed by atoms with Gasteiger partial charge in [0.2, 0.25) is 0 Å². The number of carbonyl (C=O) groups excluding carboxylic acids is 1. The van der Waals surface area contributed by atoms with Crippen LogP contribution in [0.3, 0.4) is 0 Å². The molecule has 1 amide bonds. The first kappa shape index (κ1) is 16.9. The number of anilines is 1. The lowest BCUT2D eigenvalue weighted by molar-refractivity contribution is -0.122. The Morgan fingerprint density at radius 2 is 1.83 bits per heavy atom. The van der Waals surface area contributed by atoms with Crippen molar-refractivity contribution in [1.29, 1.82) is 0 Å². The van der Waals surface area contributed by atoms with E-state index in [4.69, 9.17) is 9.47 Å². The number of hydrogen-bond acceptors (Lipinski definition) is 3. The van der Waals surface area contributed by atoms with Crippen molar-refractivity contribution >= 4 is 11.6 Å². The van der Waals surface area contributed by atoms with Crippen molar-refractivity contribution in [3.05, 3.63) is 54.1 Å². The fraction of sp³-hybridized carbons (Fsp3) is 0.316. The van der Waals surface area contributed by atoms with Crippen LogP contribution in [0.2, 0.25) is 0 Å². The minimum Gasteiger partial charge on any atom is -0.497 e. The molecule has 1 N–H and O–H groups in total. The fourth-order valence-corrected chi connectivity index (χ4v) is 2.21. The molecule has 0 heterocycles. The molecule has 4 heteroatoms. The molecule has 0 spiro atoms. The highest BCUT2D eigenvalue weighted by Gasteiger charge is 2.18. The van der Waals surface area contributed by atoms with Crippen LogP contribution in [0, 0.1) is 0 Å².